The first-order valence-electron chi connectivity index (χ1n) is 8.72. The van der Waals surface area contributed by atoms with Gasteiger partial charge in [-0.2, -0.15) is 4.72 Å². The van der Waals surface area contributed by atoms with Gasteiger partial charge in [0.05, 0.1) is 10.8 Å². The van der Waals surface area contributed by atoms with E-state index in [-0.39, 0.29) is 16.7 Å². The molecule has 0 spiro atoms. The smallest absolute Gasteiger partial charge is 0.306 e. The highest BCUT2D eigenvalue weighted by molar-refractivity contribution is 7.89. The second kappa shape index (κ2) is 8.18. The molecule has 0 aromatic heterocycles. The zero-order valence-electron chi connectivity index (χ0n) is 15.3. The van der Waals surface area contributed by atoms with Crippen molar-refractivity contribution in [2.75, 3.05) is 13.1 Å². The molecule has 1 saturated heterocycles. The summed E-state index contributed by atoms with van der Waals surface area (Å²) in [5.41, 5.74) is 0.946. The number of hydrogen-bond acceptors (Lipinski definition) is 4. The second-order valence-electron chi connectivity index (χ2n) is 7.09. The molecule has 1 aromatic carbocycles. The van der Waals surface area contributed by atoms with Crippen LogP contribution in [0.5, 0.6) is 0 Å². The molecule has 2 rings (SSSR count). The highest BCUT2D eigenvalue weighted by Gasteiger charge is 2.34. The van der Waals surface area contributed by atoms with E-state index >= 15 is 0 Å². The van der Waals surface area contributed by atoms with Gasteiger partial charge >= 0.3 is 5.97 Å². The Morgan fingerprint density at radius 2 is 1.69 bits per heavy atom. The van der Waals surface area contributed by atoms with Gasteiger partial charge < -0.3 is 10.0 Å². The SMILES string of the molecule is Cc1ccc(S(=O)(=O)N[C@@H](C(=O)N2CCC(C(=O)O)CC2)C(C)C)cc1. The van der Waals surface area contributed by atoms with Crippen LogP contribution in [0, 0.1) is 18.8 Å². The first-order chi connectivity index (χ1) is 12.1. The third-order valence-corrected chi connectivity index (χ3v) is 6.16. The maximum absolute atomic E-state index is 12.8. The summed E-state index contributed by atoms with van der Waals surface area (Å²) in [5.74, 6) is -1.84. The standard InChI is InChI=1S/C18H26N2O5S/c1-12(2)16(17(21)20-10-8-14(9-11-20)18(22)23)19-26(24,25)15-6-4-13(3)5-7-15/h4-7,12,14,16,19H,8-11H2,1-3H3,(H,22,23)/t16-/m1/s1. The van der Waals surface area contributed by atoms with Gasteiger partial charge in [-0.25, -0.2) is 8.42 Å². The Kier molecular flexibility index (Phi) is 6.41. The van der Waals surface area contributed by atoms with Crippen LogP contribution in [0.25, 0.3) is 0 Å². The molecule has 7 nitrogen and oxygen atoms in total. The minimum Gasteiger partial charge on any atom is -0.481 e. The first-order valence-corrected chi connectivity index (χ1v) is 10.2. The molecular weight excluding hydrogens is 356 g/mol. The average Bonchev–Trinajstić information content (AvgIpc) is 2.59. The van der Waals surface area contributed by atoms with Crippen LogP contribution >= 0.6 is 0 Å². The molecule has 0 radical (unpaired) electrons. The maximum Gasteiger partial charge on any atom is 0.306 e. The van der Waals surface area contributed by atoms with Crippen LogP contribution in [0.15, 0.2) is 29.2 Å². The topological polar surface area (TPSA) is 104 Å². The van der Waals surface area contributed by atoms with Crippen LogP contribution in [-0.2, 0) is 19.6 Å². The van der Waals surface area contributed by atoms with Crippen LogP contribution in [0.1, 0.15) is 32.3 Å². The number of nitrogens with zero attached hydrogens (tertiary/aromatic N) is 1. The fourth-order valence-corrected chi connectivity index (χ4v) is 4.31. The normalized spacial score (nSPS) is 17.3. The van der Waals surface area contributed by atoms with Gasteiger partial charge in [0, 0.05) is 13.1 Å². The first kappa shape index (κ1) is 20.4. The van der Waals surface area contributed by atoms with Crippen molar-refractivity contribution in [3.05, 3.63) is 29.8 Å². The van der Waals surface area contributed by atoms with E-state index < -0.39 is 28.0 Å². The van der Waals surface area contributed by atoms with E-state index in [2.05, 4.69) is 4.72 Å². The minimum atomic E-state index is -3.82. The van der Waals surface area contributed by atoms with Crippen LogP contribution in [0.4, 0.5) is 0 Å². The second-order valence-corrected chi connectivity index (χ2v) is 8.81. The summed E-state index contributed by atoms with van der Waals surface area (Å²) in [6.07, 6.45) is 0.771. The summed E-state index contributed by atoms with van der Waals surface area (Å²) in [5, 5.41) is 9.06. The van der Waals surface area contributed by atoms with Crippen molar-refractivity contribution in [1.82, 2.24) is 9.62 Å². The number of carboxylic acid groups (broad SMARTS) is 1. The average molecular weight is 382 g/mol. The quantitative estimate of drug-likeness (QED) is 0.778. The molecule has 1 aliphatic rings. The number of sulfonamides is 1. The van der Waals surface area contributed by atoms with Crippen LogP contribution < -0.4 is 4.72 Å². The lowest BCUT2D eigenvalue weighted by Gasteiger charge is -2.34. The maximum atomic E-state index is 12.8. The number of amides is 1. The molecule has 0 saturated carbocycles. The molecule has 1 heterocycles. The van der Waals surface area contributed by atoms with Gasteiger partial charge in [-0.3, -0.25) is 9.59 Å². The van der Waals surface area contributed by atoms with E-state index in [1.165, 1.54) is 12.1 Å². The van der Waals surface area contributed by atoms with Crippen molar-refractivity contribution in [2.45, 2.75) is 44.6 Å². The van der Waals surface area contributed by atoms with E-state index in [1.54, 1.807) is 30.9 Å². The molecule has 0 bridgehead atoms. The molecule has 0 aliphatic carbocycles. The molecule has 8 heteroatoms. The Labute approximate surface area is 154 Å². The van der Waals surface area contributed by atoms with Crippen molar-refractivity contribution < 1.29 is 23.1 Å². The number of aryl methyl sites for hydroxylation is 1. The number of piperidine rings is 1. The van der Waals surface area contributed by atoms with Crippen molar-refractivity contribution in [3.63, 3.8) is 0 Å². The molecular formula is C18H26N2O5S. The zero-order valence-corrected chi connectivity index (χ0v) is 16.1. The minimum absolute atomic E-state index is 0.117. The van der Waals surface area contributed by atoms with Gasteiger partial charge in [0.15, 0.2) is 0 Å². The number of rotatable bonds is 6. The Balaban J connectivity index is 2.12. The van der Waals surface area contributed by atoms with Crippen LogP contribution in [0.3, 0.4) is 0 Å². The highest BCUT2D eigenvalue weighted by Crippen LogP contribution is 2.20. The number of carbonyl (C=O) groups excluding carboxylic acids is 1. The fourth-order valence-electron chi connectivity index (χ4n) is 2.97. The number of nitrogens with one attached hydrogen (secondary N) is 1. The number of carbonyl (C=O) groups is 2. The van der Waals surface area contributed by atoms with E-state index in [1.807, 2.05) is 6.92 Å². The molecule has 144 valence electrons. The number of aliphatic carboxylic acids is 1. The lowest BCUT2D eigenvalue weighted by Crippen LogP contribution is -2.53. The van der Waals surface area contributed by atoms with Gasteiger partial charge in [-0.15, -0.1) is 0 Å². The predicted molar refractivity (Wildman–Crippen MR) is 97.1 cm³/mol. The molecule has 1 fully saturated rings. The Bertz CT molecular complexity index is 750. The van der Waals surface area contributed by atoms with Crippen LogP contribution in [0.2, 0.25) is 0 Å². The number of likely N-dealkylation sites (tertiary alicyclic amines) is 1. The summed E-state index contributed by atoms with van der Waals surface area (Å²) in [6, 6.07) is 5.55. The Morgan fingerprint density at radius 1 is 1.15 bits per heavy atom. The van der Waals surface area contributed by atoms with Gasteiger partial charge in [0.1, 0.15) is 6.04 Å². The summed E-state index contributed by atoms with van der Waals surface area (Å²) >= 11 is 0. The predicted octanol–water partition coefficient (Wildman–Crippen LogP) is 1.62. The molecule has 26 heavy (non-hydrogen) atoms. The zero-order chi connectivity index (χ0) is 19.5. The number of carboxylic acids is 1. The van der Waals surface area contributed by atoms with E-state index in [0.717, 1.165) is 5.56 Å². The van der Waals surface area contributed by atoms with Gasteiger partial charge in [-0.1, -0.05) is 31.5 Å². The number of hydrogen-bond donors (Lipinski definition) is 2. The van der Waals surface area contributed by atoms with Crippen molar-refractivity contribution in [3.8, 4) is 0 Å². The van der Waals surface area contributed by atoms with Gasteiger partial charge in [-0.05, 0) is 37.8 Å². The molecule has 1 amide bonds. The lowest BCUT2D eigenvalue weighted by molar-refractivity contribution is -0.146. The molecule has 1 aromatic rings. The summed E-state index contributed by atoms with van der Waals surface area (Å²) in [4.78, 5) is 25.6. The summed E-state index contributed by atoms with van der Waals surface area (Å²) in [6.45, 7) is 6.08. The van der Waals surface area contributed by atoms with Crippen molar-refractivity contribution >= 4 is 21.9 Å². The summed E-state index contributed by atoms with van der Waals surface area (Å²) in [7, 11) is -3.82. The Hall–Kier alpha value is -1.93. The van der Waals surface area contributed by atoms with E-state index in [4.69, 9.17) is 5.11 Å². The van der Waals surface area contributed by atoms with Crippen molar-refractivity contribution in [2.24, 2.45) is 11.8 Å². The molecule has 2 N–H and O–H groups in total. The van der Waals surface area contributed by atoms with E-state index in [9.17, 15) is 18.0 Å². The highest BCUT2D eigenvalue weighted by atomic mass is 32.2. The largest absolute Gasteiger partial charge is 0.481 e. The fraction of sp³-hybridized carbons (Fsp3) is 0.556. The monoisotopic (exact) mass is 382 g/mol. The van der Waals surface area contributed by atoms with Crippen LogP contribution in [-0.4, -0.2) is 49.4 Å². The number of benzene rings is 1. The van der Waals surface area contributed by atoms with Gasteiger partial charge in [0.25, 0.3) is 0 Å². The molecule has 0 unspecified atom stereocenters. The third-order valence-electron chi connectivity index (χ3n) is 4.70. The Morgan fingerprint density at radius 3 is 2.15 bits per heavy atom. The third kappa shape index (κ3) is 4.82. The lowest BCUT2D eigenvalue weighted by atomic mass is 9.95. The van der Waals surface area contributed by atoms with Gasteiger partial charge in [0.2, 0.25) is 15.9 Å². The molecule has 1 aliphatic heterocycles. The molecule has 1 atom stereocenters. The summed E-state index contributed by atoms with van der Waals surface area (Å²) < 4.78 is 27.8. The van der Waals surface area contributed by atoms with E-state index in [0.29, 0.717) is 25.9 Å². The van der Waals surface area contributed by atoms with Crippen molar-refractivity contribution in [1.29, 1.82) is 0 Å².